The summed E-state index contributed by atoms with van der Waals surface area (Å²) < 4.78 is 0. The molecule has 0 spiro atoms. The van der Waals surface area contributed by atoms with Gasteiger partial charge < -0.3 is 5.32 Å². The Balaban J connectivity index is 1.88. The van der Waals surface area contributed by atoms with Gasteiger partial charge in [0.15, 0.2) is 0 Å². The zero-order valence-corrected chi connectivity index (χ0v) is 13.0. The molecule has 0 radical (unpaired) electrons. The van der Waals surface area contributed by atoms with Gasteiger partial charge in [-0.2, -0.15) is 0 Å². The minimum Gasteiger partial charge on any atom is -0.381 e. The summed E-state index contributed by atoms with van der Waals surface area (Å²) >= 11 is 12.3. The van der Waals surface area contributed by atoms with Crippen molar-refractivity contribution in [3.05, 3.63) is 69.8 Å². The smallest absolute Gasteiger partial charge is 0.0766 e. The van der Waals surface area contributed by atoms with Crippen LogP contribution in [-0.2, 0) is 6.54 Å². The van der Waals surface area contributed by atoms with Gasteiger partial charge in [-0.05, 0) is 48.4 Å². The molecule has 0 aliphatic carbocycles. The van der Waals surface area contributed by atoms with Crippen LogP contribution in [0.15, 0.2) is 48.7 Å². The first kappa shape index (κ1) is 14.2. The van der Waals surface area contributed by atoms with Crippen molar-refractivity contribution in [3.8, 4) is 0 Å². The molecule has 0 aliphatic rings. The zero-order chi connectivity index (χ0) is 14.8. The van der Waals surface area contributed by atoms with E-state index in [1.54, 1.807) is 6.20 Å². The number of rotatable bonds is 3. The summed E-state index contributed by atoms with van der Waals surface area (Å²) in [4.78, 5) is 4.44. The molecule has 4 heteroatoms. The van der Waals surface area contributed by atoms with E-state index in [2.05, 4.69) is 10.3 Å². The number of hydrogen-bond acceptors (Lipinski definition) is 2. The number of halogens is 2. The number of benzene rings is 2. The first-order valence-corrected chi connectivity index (χ1v) is 7.43. The lowest BCUT2D eigenvalue weighted by Gasteiger charge is -2.10. The third kappa shape index (κ3) is 2.97. The Kier molecular flexibility index (Phi) is 4.00. The second kappa shape index (κ2) is 5.92. The number of hydrogen-bond donors (Lipinski definition) is 1. The molecule has 0 amide bonds. The summed E-state index contributed by atoms with van der Waals surface area (Å²) in [6.45, 7) is 2.66. The highest BCUT2D eigenvalue weighted by Gasteiger charge is 2.06. The highest BCUT2D eigenvalue weighted by molar-refractivity contribution is 6.35. The SMILES string of the molecule is Cc1ccc(NCc2ccc(Cl)c3cccnc23)cc1Cl. The van der Waals surface area contributed by atoms with Crippen LogP contribution < -0.4 is 5.32 Å². The number of fused-ring (bicyclic) bond motifs is 1. The van der Waals surface area contributed by atoms with Crippen molar-refractivity contribution in [2.24, 2.45) is 0 Å². The van der Waals surface area contributed by atoms with Gasteiger partial charge in [0.2, 0.25) is 0 Å². The Hall–Kier alpha value is -1.77. The first-order chi connectivity index (χ1) is 10.1. The van der Waals surface area contributed by atoms with E-state index in [4.69, 9.17) is 23.2 Å². The Morgan fingerprint density at radius 2 is 1.90 bits per heavy atom. The van der Waals surface area contributed by atoms with Crippen LogP contribution >= 0.6 is 23.2 Å². The fraction of sp³-hybridized carbons (Fsp3) is 0.118. The second-order valence-corrected chi connectivity index (χ2v) is 5.74. The molecule has 0 aliphatic heterocycles. The molecular weight excluding hydrogens is 303 g/mol. The van der Waals surface area contributed by atoms with E-state index in [0.29, 0.717) is 6.54 Å². The van der Waals surface area contributed by atoms with Crippen LogP contribution in [-0.4, -0.2) is 4.98 Å². The van der Waals surface area contributed by atoms with Crippen molar-refractivity contribution in [1.82, 2.24) is 4.98 Å². The van der Waals surface area contributed by atoms with Crippen LogP contribution in [0.3, 0.4) is 0 Å². The van der Waals surface area contributed by atoms with E-state index in [-0.39, 0.29) is 0 Å². The summed E-state index contributed by atoms with van der Waals surface area (Å²) in [5, 5.41) is 5.83. The fourth-order valence-corrected chi connectivity index (χ4v) is 2.64. The van der Waals surface area contributed by atoms with E-state index >= 15 is 0 Å². The molecule has 0 bridgehead atoms. The lowest BCUT2D eigenvalue weighted by molar-refractivity contribution is 1.15. The molecule has 3 rings (SSSR count). The molecule has 0 fully saturated rings. The van der Waals surface area contributed by atoms with E-state index in [0.717, 1.165) is 37.8 Å². The second-order valence-electron chi connectivity index (χ2n) is 4.92. The number of anilines is 1. The van der Waals surface area contributed by atoms with Gasteiger partial charge >= 0.3 is 0 Å². The van der Waals surface area contributed by atoms with Crippen LogP contribution in [0.1, 0.15) is 11.1 Å². The minimum absolute atomic E-state index is 0.671. The van der Waals surface area contributed by atoms with Crippen molar-refractivity contribution >= 4 is 39.8 Å². The molecule has 1 aromatic heterocycles. The highest BCUT2D eigenvalue weighted by Crippen LogP contribution is 2.26. The summed E-state index contributed by atoms with van der Waals surface area (Å²) in [6, 6.07) is 13.7. The lowest BCUT2D eigenvalue weighted by atomic mass is 10.1. The topological polar surface area (TPSA) is 24.9 Å². The third-order valence-corrected chi connectivity index (χ3v) is 4.19. The highest BCUT2D eigenvalue weighted by atomic mass is 35.5. The molecule has 21 heavy (non-hydrogen) atoms. The van der Waals surface area contributed by atoms with Crippen LogP contribution in [0, 0.1) is 6.92 Å². The largest absolute Gasteiger partial charge is 0.381 e. The molecule has 106 valence electrons. The predicted octanol–water partition coefficient (Wildman–Crippen LogP) is 5.46. The molecule has 1 N–H and O–H groups in total. The van der Waals surface area contributed by atoms with E-state index in [1.807, 2.05) is 49.4 Å². The van der Waals surface area contributed by atoms with Gasteiger partial charge in [0.1, 0.15) is 0 Å². The maximum atomic E-state index is 6.21. The monoisotopic (exact) mass is 316 g/mol. The van der Waals surface area contributed by atoms with Crippen molar-refractivity contribution in [2.45, 2.75) is 13.5 Å². The van der Waals surface area contributed by atoms with Crippen molar-refractivity contribution in [1.29, 1.82) is 0 Å². The number of nitrogens with one attached hydrogen (secondary N) is 1. The maximum absolute atomic E-state index is 6.21. The van der Waals surface area contributed by atoms with E-state index in [1.165, 1.54) is 0 Å². The van der Waals surface area contributed by atoms with Gasteiger partial charge in [0.05, 0.1) is 5.52 Å². The van der Waals surface area contributed by atoms with Gasteiger partial charge in [-0.15, -0.1) is 0 Å². The number of pyridine rings is 1. The molecule has 0 unspecified atom stereocenters. The molecule has 2 nitrogen and oxygen atoms in total. The summed E-state index contributed by atoms with van der Waals surface area (Å²) in [6.07, 6.45) is 1.78. The molecule has 0 saturated carbocycles. The number of aromatic nitrogens is 1. The quantitative estimate of drug-likeness (QED) is 0.693. The number of aryl methyl sites for hydroxylation is 1. The fourth-order valence-electron chi connectivity index (χ4n) is 2.24. The Bertz CT molecular complexity index is 800. The van der Waals surface area contributed by atoms with Gasteiger partial charge in [0.25, 0.3) is 0 Å². The van der Waals surface area contributed by atoms with Crippen LogP contribution in [0.4, 0.5) is 5.69 Å². The van der Waals surface area contributed by atoms with Crippen molar-refractivity contribution in [3.63, 3.8) is 0 Å². The Morgan fingerprint density at radius 1 is 1.05 bits per heavy atom. The molecule has 0 saturated heterocycles. The zero-order valence-electron chi connectivity index (χ0n) is 11.5. The number of nitrogens with zero attached hydrogens (tertiary/aromatic N) is 1. The van der Waals surface area contributed by atoms with Crippen LogP contribution in [0.2, 0.25) is 10.0 Å². The average Bonchev–Trinajstić information content (AvgIpc) is 2.50. The molecule has 1 heterocycles. The summed E-state index contributed by atoms with van der Waals surface area (Å²) in [7, 11) is 0. The first-order valence-electron chi connectivity index (χ1n) is 6.67. The minimum atomic E-state index is 0.671. The Labute approximate surface area is 133 Å². The van der Waals surface area contributed by atoms with Gasteiger partial charge in [0, 0.05) is 33.9 Å². The summed E-state index contributed by atoms with van der Waals surface area (Å²) in [5.74, 6) is 0. The van der Waals surface area contributed by atoms with E-state index < -0.39 is 0 Å². The normalized spacial score (nSPS) is 10.8. The molecule has 0 atom stereocenters. The third-order valence-electron chi connectivity index (χ3n) is 3.45. The maximum Gasteiger partial charge on any atom is 0.0766 e. The van der Waals surface area contributed by atoms with Gasteiger partial charge in [-0.25, -0.2) is 0 Å². The van der Waals surface area contributed by atoms with Crippen molar-refractivity contribution in [2.75, 3.05) is 5.32 Å². The van der Waals surface area contributed by atoms with Gasteiger partial charge in [-0.3, -0.25) is 4.98 Å². The molecular formula is C17H14Cl2N2. The van der Waals surface area contributed by atoms with Crippen LogP contribution in [0.25, 0.3) is 10.9 Å². The standard InChI is InChI=1S/C17H14Cl2N2/c1-11-4-6-13(9-16(11)19)21-10-12-5-7-15(18)14-3-2-8-20-17(12)14/h2-9,21H,10H2,1H3. The Morgan fingerprint density at radius 3 is 2.71 bits per heavy atom. The molecule has 2 aromatic carbocycles. The van der Waals surface area contributed by atoms with Gasteiger partial charge in [-0.1, -0.05) is 35.3 Å². The molecule has 3 aromatic rings. The predicted molar refractivity (Wildman–Crippen MR) is 90.3 cm³/mol. The lowest BCUT2D eigenvalue weighted by Crippen LogP contribution is -2.01. The summed E-state index contributed by atoms with van der Waals surface area (Å²) in [5.41, 5.74) is 4.09. The van der Waals surface area contributed by atoms with Crippen LogP contribution in [0.5, 0.6) is 0 Å². The van der Waals surface area contributed by atoms with E-state index in [9.17, 15) is 0 Å². The van der Waals surface area contributed by atoms with Crippen molar-refractivity contribution < 1.29 is 0 Å². The average molecular weight is 317 g/mol.